The molecule has 1 aromatic carbocycles. The quantitative estimate of drug-likeness (QED) is 0.895. The summed E-state index contributed by atoms with van der Waals surface area (Å²) in [5.74, 6) is 3.55. The lowest BCUT2D eigenvalue weighted by molar-refractivity contribution is 0.219. The molecule has 2 saturated carbocycles. The van der Waals surface area contributed by atoms with Gasteiger partial charge in [-0.15, -0.1) is 0 Å². The Morgan fingerprint density at radius 2 is 2.00 bits per heavy atom. The van der Waals surface area contributed by atoms with Gasteiger partial charge in [0.1, 0.15) is 0 Å². The van der Waals surface area contributed by atoms with Gasteiger partial charge in [-0.1, -0.05) is 6.07 Å². The first kappa shape index (κ1) is 12.5. The smallest absolute Gasteiger partial charge is 0.0454 e. The molecule has 1 aromatic heterocycles. The van der Waals surface area contributed by atoms with E-state index in [0.717, 1.165) is 23.7 Å². The van der Waals surface area contributed by atoms with Crippen LogP contribution in [0.1, 0.15) is 30.7 Å². The highest BCUT2D eigenvalue weighted by Gasteiger charge is 2.47. The van der Waals surface area contributed by atoms with Crippen LogP contribution in [0, 0.1) is 17.8 Å². The topological polar surface area (TPSA) is 19.0 Å². The Morgan fingerprint density at radius 1 is 1.15 bits per heavy atom. The molecular formula is C18H24N2. The standard InChI is InChI=1S/C18H24N2/c1-20(2)11-16-12-3-4-14(9-12)18(16)15-5-6-17-13(10-15)7-8-19-17/h5-8,10,12,14,16,18-19H,3-4,9,11H2,1-2H3. The van der Waals surface area contributed by atoms with Crippen molar-refractivity contribution in [2.24, 2.45) is 17.8 Å². The van der Waals surface area contributed by atoms with Gasteiger partial charge in [-0.3, -0.25) is 0 Å². The number of hydrogen-bond acceptors (Lipinski definition) is 1. The van der Waals surface area contributed by atoms with Gasteiger partial charge in [0.15, 0.2) is 0 Å². The minimum absolute atomic E-state index is 0.787. The van der Waals surface area contributed by atoms with E-state index < -0.39 is 0 Å². The highest BCUT2D eigenvalue weighted by molar-refractivity contribution is 5.80. The fourth-order valence-electron chi connectivity index (χ4n) is 4.89. The largest absolute Gasteiger partial charge is 0.361 e. The molecule has 2 bridgehead atoms. The maximum Gasteiger partial charge on any atom is 0.0454 e. The summed E-state index contributed by atoms with van der Waals surface area (Å²) in [5.41, 5.74) is 2.84. The molecule has 20 heavy (non-hydrogen) atoms. The highest BCUT2D eigenvalue weighted by Crippen LogP contribution is 2.56. The van der Waals surface area contributed by atoms with Crippen LogP contribution in [0.4, 0.5) is 0 Å². The summed E-state index contributed by atoms with van der Waals surface area (Å²) in [7, 11) is 4.44. The summed E-state index contributed by atoms with van der Waals surface area (Å²) in [6.07, 6.45) is 6.43. The Balaban J connectivity index is 1.70. The van der Waals surface area contributed by atoms with Crippen molar-refractivity contribution < 1.29 is 0 Å². The number of benzene rings is 1. The van der Waals surface area contributed by atoms with Crippen LogP contribution in [0.5, 0.6) is 0 Å². The van der Waals surface area contributed by atoms with Gasteiger partial charge in [0.05, 0.1) is 0 Å². The maximum atomic E-state index is 3.31. The molecule has 1 N–H and O–H groups in total. The number of hydrogen-bond donors (Lipinski definition) is 1. The van der Waals surface area contributed by atoms with E-state index in [1.165, 1.54) is 36.7 Å². The number of nitrogens with one attached hydrogen (secondary N) is 1. The van der Waals surface area contributed by atoms with Crippen LogP contribution in [0.2, 0.25) is 0 Å². The molecule has 0 spiro atoms. The molecule has 2 aliphatic carbocycles. The van der Waals surface area contributed by atoms with Gasteiger partial charge in [0, 0.05) is 18.3 Å². The average Bonchev–Trinajstić information content (AvgIpc) is 3.12. The molecule has 0 saturated heterocycles. The second-order valence-corrected chi connectivity index (χ2v) is 7.11. The van der Waals surface area contributed by atoms with Gasteiger partial charge in [0.25, 0.3) is 0 Å². The molecule has 106 valence electrons. The predicted molar refractivity (Wildman–Crippen MR) is 83.9 cm³/mol. The number of aromatic amines is 1. The van der Waals surface area contributed by atoms with Crippen molar-refractivity contribution in [1.82, 2.24) is 9.88 Å². The zero-order chi connectivity index (χ0) is 13.7. The van der Waals surface area contributed by atoms with Gasteiger partial charge >= 0.3 is 0 Å². The average molecular weight is 268 g/mol. The Labute approximate surface area is 121 Å². The first-order valence-corrected chi connectivity index (χ1v) is 7.94. The van der Waals surface area contributed by atoms with Crippen LogP contribution in [-0.4, -0.2) is 30.5 Å². The number of nitrogens with zero attached hydrogens (tertiary/aromatic N) is 1. The van der Waals surface area contributed by atoms with Crippen LogP contribution in [0.15, 0.2) is 30.5 Å². The van der Waals surface area contributed by atoms with Gasteiger partial charge in [-0.25, -0.2) is 0 Å². The molecule has 4 unspecified atom stereocenters. The lowest BCUT2D eigenvalue weighted by Gasteiger charge is -2.33. The van der Waals surface area contributed by atoms with Gasteiger partial charge in [-0.05, 0) is 86.2 Å². The first-order valence-electron chi connectivity index (χ1n) is 7.94. The number of H-pyrrole nitrogens is 1. The lowest BCUT2D eigenvalue weighted by Crippen LogP contribution is -2.30. The number of fused-ring (bicyclic) bond motifs is 3. The summed E-state index contributed by atoms with van der Waals surface area (Å²) in [6.45, 7) is 1.25. The minimum Gasteiger partial charge on any atom is -0.361 e. The molecule has 4 atom stereocenters. The fourth-order valence-corrected chi connectivity index (χ4v) is 4.89. The van der Waals surface area contributed by atoms with Crippen molar-refractivity contribution in [3.63, 3.8) is 0 Å². The van der Waals surface area contributed by atoms with Crippen LogP contribution >= 0.6 is 0 Å². The molecule has 0 aliphatic heterocycles. The first-order chi connectivity index (χ1) is 9.72. The van der Waals surface area contributed by atoms with Crippen molar-refractivity contribution in [3.05, 3.63) is 36.0 Å². The van der Waals surface area contributed by atoms with Gasteiger partial charge in [0.2, 0.25) is 0 Å². The minimum atomic E-state index is 0.787. The van der Waals surface area contributed by atoms with Crippen LogP contribution in [-0.2, 0) is 0 Å². The number of aromatic nitrogens is 1. The summed E-state index contributed by atoms with van der Waals surface area (Å²) < 4.78 is 0. The molecule has 2 nitrogen and oxygen atoms in total. The second kappa shape index (κ2) is 4.63. The molecular weight excluding hydrogens is 244 g/mol. The summed E-state index contributed by atoms with van der Waals surface area (Å²) in [5, 5.41) is 1.37. The van der Waals surface area contributed by atoms with Crippen molar-refractivity contribution in [3.8, 4) is 0 Å². The van der Waals surface area contributed by atoms with E-state index in [1.54, 1.807) is 5.56 Å². The van der Waals surface area contributed by atoms with E-state index in [2.05, 4.69) is 48.2 Å². The Hall–Kier alpha value is -1.28. The summed E-state index contributed by atoms with van der Waals surface area (Å²) in [6, 6.07) is 9.27. The van der Waals surface area contributed by atoms with E-state index >= 15 is 0 Å². The van der Waals surface area contributed by atoms with Crippen molar-refractivity contribution in [1.29, 1.82) is 0 Å². The fraction of sp³-hybridized carbons (Fsp3) is 0.556. The molecule has 2 heteroatoms. The second-order valence-electron chi connectivity index (χ2n) is 7.11. The summed E-state index contributed by atoms with van der Waals surface area (Å²) in [4.78, 5) is 5.69. The maximum absolute atomic E-state index is 3.31. The van der Waals surface area contributed by atoms with E-state index in [1.807, 2.05) is 6.20 Å². The van der Waals surface area contributed by atoms with Crippen LogP contribution < -0.4 is 0 Å². The zero-order valence-corrected chi connectivity index (χ0v) is 12.5. The third-order valence-electron chi connectivity index (χ3n) is 5.63. The van der Waals surface area contributed by atoms with Crippen LogP contribution in [0.25, 0.3) is 10.9 Å². The summed E-state index contributed by atoms with van der Waals surface area (Å²) >= 11 is 0. The third-order valence-corrected chi connectivity index (χ3v) is 5.63. The van der Waals surface area contributed by atoms with Gasteiger partial charge < -0.3 is 9.88 Å². The molecule has 2 aliphatic rings. The van der Waals surface area contributed by atoms with E-state index in [0.29, 0.717) is 0 Å². The number of rotatable bonds is 3. The van der Waals surface area contributed by atoms with E-state index in [9.17, 15) is 0 Å². The Morgan fingerprint density at radius 3 is 2.85 bits per heavy atom. The van der Waals surface area contributed by atoms with Crippen LogP contribution in [0.3, 0.4) is 0 Å². The molecule has 2 aromatic rings. The molecule has 0 radical (unpaired) electrons. The molecule has 4 rings (SSSR count). The lowest BCUT2D eigenvalue weighted by atomic mass is 9.75. The molecule has 2 fully saturated rings. The Bertz CT molecular complexity index is 613. The predicted octanol–water partition coefficient (Wildman–Crippen LogP) is 3.86. The van der Waals surface area contributed by atoms with Crippen molar-refractivity contribution in [2.45, 2.75) is 25.2 Å². The molecule has 1 heterocycles. The molecule has 0 amide bonds. The van der Waals surface area contributed by atoms with Gasteiger partial charge in [-0.2, -0.15) is 0 Å². The highest BCUT2D eigenvalue weighted by atomic mass is 15.1. The van der Waals surface area contributed by atoms with Crippen molar-refractivity contribution >= 4 is 10.9 Å². The van der Waals surface area contributed by atoms with Crippen molar-refractivity contribution in [2.75, 3.05) is 20.6 Å². The van der Waals surface area contributed by atoms with E-state index in [-0.39, 0.29) is 0 Å². The third kappa shape index (κ3) is 1.89. The SMILES string of the molecule is CN(C)CC1C2CCC(C2)C1c1ccc2[nH]ccc2c1. The van der Waals surface area contributed by atoms with E-state index in [4.69, 9.17) is 0 Å². The Kier molecular flexibility index (Phi) is 2.88. The normalized spacial score (nSPS) is 32.5. The zero-order valence-electron chi connectivity index (χ0n) is 12.5. The monoisotopic (exact) mass is 268 g/mol.